The highest BCUT2D eigenvalue weighted by atomic mass is 32.2. The second kappa shape index (κ2) is 5.80. The summed E-state index contributed by atoms with van der Waals surface area (Å²) in [5.74, 6) is -0.303. The van der Waals surface area contributed by atoms with E-state index in [1.54, 1.807) is 0 Å². The van der Waals surface area contributed by atoms with Crippen molar-refractivity contribution in [2.75, 3.05) is 4.72 Å². The predicted octanol–water partition coefficient (Wildman–Crippen LogP) is 0.671. The van der Waals surface area contributed by atoms with Gasteiger partial charge in [-0.1, -0.05) is 12.1 Å². The van der Waals surface area contributed by atoms with Gasteiger partial charge in [-0.15, -0.1) is 0 Å². The van der Waals surface area contributed by atoms with Gasteiger partial charge in [0.1, 0.15) is 4.90 Å². The number of primary sulfonamides is 1. The summed E-state index contributed by atoms with van der Waals surface area (Å²) >= 11 is 0. The molecule has 7 nitrogen and oxygen atoms in total. The van der Waals surface area contributed by atoms with E-state index in [9.17, 15) is 16.8 Å². The predicted molar refractivity (Wildman–Crippen MR) is 78.3 cm³/mol. The molecule has 2 rings (SSSR count). The molecule has 2 aromatic rings. The van der Waals surface area contributed by atoms with Crippen LogP contribution >= 0.6 is 0 Å². The molecule has 0 bridgehead atoms. The molecule has 0 radical (unpaired) electrons. The Hall–Kier alpha value is -1.97. The molecule has 1 aromatic heterocycles. The molecule has 112 valence electrons. The van der Waals surface area contributed by atoms with Crippen LogP contribution in [0, 0.1) is 0 Å². The van der Waals surface area contributed by atoms with E-state index in [0.717, 1.165) is 0 Å². The Morgan fingerprint density at radius 3 is 2.24 bits per heavy atom. The Morgan fingerprint density at radius 1 is 1.05 bits per heavy atom. The second-order valence-electron chi connectivity index (χ2n) is 4.30. The molecular weight excluding hydrogens is 314 g/mol. The van der Waals surface area contributed by atoms with Crippen molar-refractivity contribution in [1.29, 1.82) is 0 Å². The van der Waals surface area contributed by atoms with Crippen molar-refractivity contribution >= 4 is 25.7 Å². The molecule has 0 aliphatic heterocycles. The number of benzene rings is 1. The van der Waals surface area contributed by atoms with Gasteiger partial charge in [-0.3, -0.25) is 9.71 Å². The Bertz CT molecular complexity index is 817. The summed E-state index contributed by atoms with van der Waals surface area (Å²) in [6.07, 6.45) is 2.71. The maximum Gasteiger partial charge on any atom is 0.263 e. The first-order chi connectivity index (χ1) is 9.76. The fourth-order valence-corrected chi connectivity index (χ4v) is 3.30. The van der Waals surface area contributed by atoms with Crippen LogP contribution in [0.4, 0.5) is 5.69 Å². The lowest BCUT2D eigenvalue weighted by Crippen LogP contribution is -2.15. The number of hydrogen-bond donors (Lipinski definition) is 2. The van der Waals surface area contributed by atoms with Crippen LogP contribution < -0.4 is 9.86 Å². The van der Waals surface area contributed by atoms with Crippen molar-refractivity contribution in [2.24, 2.45) is 5.14 Å². The third-order valence-electron chi connectivity index (χ3n) is 2.52. The molecule has 21 heavy (non-hydrogen) atoms. The number of anilines is 1. The zero-order valence-corrected chi connectivity index (χ0v) is 12.4. The van der Waals surface area contributed by atoms with Gasteiger partial charge < -0.3 is 0 Å². The van der Waals surface area contributed by atoms with Gasteiger partial charge in [0.05, 0.1) is 5.75 Å². The molecule has 0 spiro atoms. The average Bonchev–Trinajstić information content (AvgIpc) is 2.40. The summed E-state index contributed by atoms with van der Waals surface area (Å²) < 4.78 is 48.4. The van der Waals surface area contributed by atoms with Crippen LogP contribution in [0.5, 0.6) is 0 Å². The molecular formula is C12H13N3O4S2. The van der Waals surface area contributed by atoms with E-state index in [1.807, 2.05) is 0 Å². The largest absolute Gasteiger partial charge is 0.280 e. The minimum Gasteiger partial charge on any atom is -0.280 e. The molecule has 0 atom stereocenters. The monoisotopic (exact) mass is 327 g/mol. The van der Waals surface area contributed by atoms with Gasteiger partial charge >= 0.3 is 0 Å². The number of hydrogen-bond acceptors (Lipinski definition) is 5. The lowest BCUT2D eigenvalue weighted by molar-refractivity contribution is 0.596. The number of sulfonamides is 2. The molecule has 1 heterocycles. The zero-order chi connectivity index (χ0) is 15.5. The quantitative estimate of drug-likeness (QED) is 0.836. The average molecular weight is 327 g/mol. The Balaban J connectivity index is 2.17. The highest BCUT2D eigenvalue weighted by molar-refractivity contribution is 7.92. The molecule has 9 heteroatoms. The standard InChI is InChI=1S/C12H13N3O4S2/c13-20(16,17)9-10-3-5-11(6-4-10)15-21(18,19)12-2-1-7-14-8-12/h1-8,15H,9H2,(H2,13,16,17). The van der Waals surface area contributed by atoms with Crippen LogP contribution in [0.3, 0.4) is 0 Å². The minimum absolute atomic E-state index is 0.0404. The van der Waals surface area contributed by atoms with E-state index < -0.39 is 20.0 Å². The first-order valence-electron chi connectivity index (χ1n) is 5.78. The number of aromatic nitrogens is 1. The van der Waals surface area contributed by atoms with Crippen LogP contribution in [0.25, 0.3) is 0 Å². The van der Waals surface area contributed by atoms with Crippen LogP contribution in [-0.2, 0) is 25.8 Å². The molecule has 0 saturated carbocycles. The van der Waals surface area contributed by atoms with E-state index >= 15 is 0 Å². The van der Waals surface area contributed by atoms with Gasteiger partial charge in [0.25, 0.3) is 10.0 Å². The van der Waals surface area contributed by atoms with E-state index in [-0.39, 0.29) is 10.6 Å². The lowest BCUT2D eigenvalue weighted by Gasteiger charge is -2.08. The van der Waals surface area contributed by atoms with Crippen LogP contribution in [0.15, 0.2) is 53.7 Å². The van der Waals surface area contributed by atoms with Crippen molar-refractivity contribution < 1.29 is 16.8 Å². The van der Waals surface area contributed by atoms with E-state index in [1.165, 1.54) is 48.8 Å². The topological polar surface area (TPSA) is 119 Å². The molecule has 0 saturated heterocycles. The number of nitrogens with one attached hydrogen (secondary N) is 1. The third kappa shape index (κ3) is 4.52. The lowest BCUT2D eigenvalue weighted by atomic mass is 10.2. The van der Waals surface area contributed by atoms with Crippen LogP contribution in [-0.4, -0.2) is 21.8 Å². The summed E-state index contributed by atoms with van der Waals surface area (Å²) in [5.41, 5.74) is 0.791. The molecule has 0 aliphatic carbocycles. The fourth-order valence-electron chi connectivity index (χ4n) is 1.62. The van der Waals surface area contributed by atoms with E-state index in [0.29, 0.717) is 11.3 Å². The number of nitrogens with two attached hydrogens (primary N) is 1. The molecule has 0 amide bonds. The SMILES string of the molecule is NS(=O)(=O)Cc1ccc(NS(=O)(=O)c2cccnc2)cc1. The van der Waals surface area contributed by atoms with Gasteiger partial charge in [-0.25, -0.2) is 22.0 Å². The van der Waals surface area contributed by atoms with Gasteiger partial charge in [0, 0.05) is 18.1 Å². The van der Waals surface area contributed by atoms with Crippen LogP contribution in [0.2, 0.25) is 0 Å². The molecule has 3 N–H and O–H groups in total. The van der Waals surface area contributed by atoms with Crippen molar-refractivity contribution in [3.8, 4) is 0 Å². The molecule has 1 aromatic carbocycles. The number of nitrogens with zero attached hydrogens (tertiary/aromatic N) is 1. The number of rotatable bonds is 5. The van der Waals surface area contributed by atoms with Gasteiger partial charge in [-0.2, -0.15) is 0 Å². The Morgan fingerprint density at radius 2 is 1.71 bits per heavy atom. The second-order valence-corrected chi connectivity index (χ2v) is 7.60. The summed E-state index contributed by atoms with van der Waals surface area (Å²) in [6, 6.07) is 8.86. The summed E-state index contributed by atoms with van der Waals surface area (Å²) in [5, 5.41) is 4.94. The molecule has 0 unspecified atom stereocenters. The molecule has 0 fully saturated rings. The Labute approximate surface area is 122 Å². The van der Waals surface area contributed by atoms with Gasteiger partial charge in [0.15, 0.2) is 0 Å². The maximum atomic E-state index is 12.0. The van der Waals surface area contributed by atoms with E-state index in [2.05, 4.69) is 9.71 Å². The zero-order valence-electron chi connectivity index (χ0n) is 10.8. The van der Waals surface area contributed by atoms with Gasteiger partial charge in [-0.05, 0) is 29.8 Å². The smallest absolute Gasteiger partial charge is 0.263 e. The first kappa shape index (κ1) is 15.4. The third-order valence-corrected chi connectivity index (χ3v) is 4.62. The van der Waals surface area contributed by atoms with Crippen molar-refractivity contribution in [1.82, 2.24) is 4.98 Å². The fraction of sp³-hybridized carbons (Fsp3) is 0.0833. The van der Waals surface area contributed by atoms with Crippen molar-refractivity contribution in [3.63, 3.8) is 0 Å². The summed E-state index contributed by atoms with van der Waals surface area (Å²) in [7, 11) is -7.33. The van der Waals surface area contributed by atoms with Crippen LogP contribution in [0.1, 0.15) is 5.56 Å². The first-order valence-corrected chi connectivity index (χ1v) is 8.98. The minimum atomic E-state index is -3.72. The summed E-state index contributed by atoms with van der Waals surface area (Å²) in [4.78, 5) is 3.79. The number of pyridine rings is 1. The summed E-state index contributed by atoms with van der Waals surface area (Å²) in [6.45, 7) is 0. The van der Waals surface area contributed by atoms with E-state index in [4.69, 9.17) is 5.14 Å². The highest BCUT2D eigenvalue weighted by Gasteiger charge is 2.14. The Kier molecular flexibility index (Phi) is 4.26. The highest BCUT2D eigenvalue weighted by Crippen LogP contribution is 2.16. The van der Waals surface area contributed by atoms with Crippen molar-refractivity contribution in [3.05, 3.63) is 54.4 Å². The van der Waals surface area contributed by atoms with Gasteiger partial charge in [0.2, 0.25) is 10.0 Å². The maximum absolute atomic E-state index is 12.0. The normalized spacial score (nSPS) is 12.0. The molecule has 0 aliphatic rings. The van der Waals surface area contributed by atoms with Crippen molar-refractivity contribution in [2.45, 2.75) is 10.6 Å².